The average Bonchev–Trinajstić information content (AvgIpc) is 1.97. The molecular formula is C9H15Br. The summed E-state index contributed by atoms with van der Waals surface area (Å²) in [5, 5.41) is 1.13. The zero-order chi connectivity index (χ0) is 7.66. The molecule has 0 aliphatic rings. The minimum Gasteiger partial charge on any atom is -0.0928 e. The Balaban J connectivity index is 3.02. The van der Waals surface area contributed by atoms with Gasteiger partial charge in [-0.05, 0) is 26.2 Å². The van der Waals surface area contributed by atoms with Crippen molar-refractivity contribution in [3.05, 3.63) is 24.3 Å². The van der Waals surface area contributed by atoms with Gasteiger partial charge < -0.3 is 0 Å². The summed E-state index contributed by atoms with van der Waals surface area (Å²) in [7, 11) is 0. The second-order valence-electron chi connectivity index (χ2n) is 2.14. The molecule has 0 rings (SSSR count). The van der Waals surface area contributed by atoms with Crippen molar-refractivity contribution in [2.75, 3.05) is 5.33 Å². The number of alkyl halides is 1. The Hall–Kier alpha value is -0.0400. The van der Waals surface area contributed by atoms with Crippen molar-refractivity contribution in [1.29, 1.82) is 0 Å². The van der Waals surface area contributed by atoms with Crippen LogP contribution in [0.25, 0.3) is 0 Å². The normalized spacial score (nSPS) is 11.8. The van der Waals surface area contributed by atoms with Crippen molar-refractivity contribution in [3.8, 4) is 0 Å². The second-order valence-corrected chi connectivity index (χ2v) is 2.93. The summed E-state index contributed by atoms with van der Waals surface area (Å²) in [5.41, 5.74) is 0. The Morgan fingerprint density at radius 2 is 2.00 bits per heavy atom. The van der Waals surface area contributed by atoms with Gasteiger partial charge in [-0.15, -0.1) is 0 Å². The number of allylic oxidation sites excluding steroid dienone is 4. The lowest BCUT2D eigenvalue weighted by atomic mass is 10.2. The lowest BCUT2D eigenvalue weighted by Crippen LogP contribution is -1.72. The highest BCUT2D eigenvalue weighted by atomic mass is 79.9. The molecule has 0 aromatic rings. The first kappa shape index (κ1) is 9.96. The maximum Gasteiger partial charge on any atom is 0.00314 e. The van der Waals surface area contributed by atoms with Crippen molar-refractivity contribution in [1.82, 2.24) is 0 Å². The predicted octanol–water partition coefficient (Wildman–Crippen LogP) is 3.68. The van der Waals surface area contributed by atoms with Crippen molar-refractivity contribution in [2.24, 2.45) is 0 Å². The van der Waals surface area contributed by atoms with Crippen LogP contribution in [0.4, 0.5) is 0 Å². The number of hydrogen-bond acceptors (Lipinski definition) is 0. The zero-order valence-corrected chi connectivity index (χ0v) is 8.10. The number of unbranched alkanes of at least 4 members (excludes halogenated alkanes) is 2. The number of hydrogen-bond donors (Lipinski definition) is 0. The molecule has 0 aromatic carbocycles. The zero-order valence-electron chi connectivity index (χ0n) is 6.52. The van der Waals surface area contributed by atoms with E-state index in [2.05, 4.69) is 34.2 Å². The maximum atomic E-state index is 3.39. The maximum absolute atomic E-state index is 3.39. The molecule has 0 aliphatic heterocycles. The van der Waals surface area contributed by atoms with Crippen molar-refractivity contribution >= 4 is 15.9 Å². The molecule has 0 aliphatic carbocycles. The largest absolute Gasteiger partial charge is 0.0928 e. The third-order valence-corrected chi connectivity index (χ3v) is 1.75. The van der Waals surface area contributed by atoms with Crippen LogP contribution in [0.2, 0.25) is 0 Å². The summed E-state index contributed by atoms with van der Waals surface area (Å²) in [4.78, 5) is 0. The highest BCUT2D eigenvalue weighted by Gasteiger charge is 1.80. The van der Waals surface area contributed by atoms with Crippen LogP contribution in [0.15, 0.2) is 24.3 Å². The standard InChI is InChI=1S/C9H15Br/c1-2-3-4-5-6-7-8-9-10/h2-5H,6-9H2,1H3/b3-2+,5-4+. The molecule has 0 N–H and O–H groups in total. The van der Waals surface area contributed by atoms with Crippen LogP contribution in [0.5, 0.6) is 0 Å². The Labute approximate surface area is 72.1 Å². The molecule has 0 saturated heterocycles. The fourth-order valence-electron chi connectivity index (χ4n) is 0.643. The van der Waals surface area contributed by atoms with Crippen molar-refractivity contribution < 1.29 is 0 Å². The lowest BCUT2D eigenvalue weighted by Gasteiger charge is -1.88. The molecular weight excluding hydrogens is 188 g/mol. The van der Waals surface area contributed by atoms with E-state index in [1.807, 2.05) is 13.0 Å². The van der Waals surface area contributed by atoms with E-state index in [1.165, 1.54) is 19.3 Å². The van der Waals surface area contributed by atoms with E-state index >= 15 is 0 Å². The van der Waals surface area contributed by atoms with Gasteiger partial charge in [0.15, 0.2) is 0 Å². The molecule has 0 unspecified atom stereocenters. The van der Waals surface area contributed by atoms with E-state index in [-0.39, 0.29) is 0 Å². The first-order valence-electron chi connectivity index (χ1n) is 3.75. The van der Waals surface area contributed by atoms with Crippen molar-refractivity contribution in [3.63, 3.8) is 0 Å². The molecule has 58 valence electrons. The predicted molar refractivity (Wildman–Crippen MR) is 51.6 cm³/mol. The summed E-state index contributed by atoms with van der Waals surface area (Å²) in [6.07, 6.45) is 12.2. The fraction of sp³-hybridized carbons (Fsp3) is 0.556. The van der Waals surface area contributed by atoms with E-state index in [0.717, 1.165) is 5.33 Å². The van der Waals surface area contributed by atoms with Crippen molar-refractivity contribution in [2.45, 2.75) is 26.2 Å². The topological polar surface area (TPSA) is 0 Å². The van der Waals surface area contributed by atoms with Gasteiger partial charge in [-0.2, -0.15) is 0 Å². The Kier molecular flexibility index (Phi) is 8.92. The third kappa shape index (κ3) is 7.96. The Bertz CT molecular complexity index is 103. The molecule has 0 radical (unpaired) electrons. The molecule has 0 heterocycles. The third-order valence-electron chi connectivity index (χ3n) is 1.19. The summed E-state index contributed by atoms with van der Waals surface area (Å²) in [6, 6.07) is 0. The molecule has 1 heteroatoms. The summed E-state index contributed by atoms with van der Waals surface area (Å²) in [6.45, 7) is 2.03. The monoisotopic (exact) mass is 202 g/mol. The minimum absolute atomic E-state index is 1.13. The summed E-state index contributed by atoms with van der Waals surface area (Å²) >= 11 is 3.39. The van der Waals surface area contributed by atoms with Crippen LogP contribution in [-0.2, 0) is 0 Å². The molecule has 0 spiro atoms. The first-order valence-corrected chi connectivity index (χ1v) is 4.87. The molecule has 0 saturated carbocycles. The van der Waals surface area contributed by atoms with E-state index in [1.54, 1.807) is 0 Å². The van der Waals surface area contributed by atoms with Gasteiger partial charge in [-0.1, -0.05) is 40.2 Å². The van der Waals surface area contributed by atoms with Gasteiger partial charge in [0, 0.05) is 5.33 Å². The molecule has 0 fully saturated rings. The van der Waals surface area contributed by atoms with Crippen LogP contribution in [0, 0.1) is 0 Å². The van der Waals surface area contributed by atoms with Gasteiger partial charge in [0.25, 0.3) is 0 Å². The minimum atomic E-state index is 1.13. The van der Waals surface area contributed by atoms with Crippen LogP contribution in [0.1, 0.15) is 26.2 Å². The van der Waals surface area contributed by atoms with Crippen LogP contribution in [0.3, 0.4) is 0 Å². The highest BCUT2D eigenvalue weighted by molar-refractivity contribution is 9.09. The fourth-order valence-corrected chi connectivity index (χ4v) is 1.04. The van der Waals surface area contributed by atoms with E-state index in [4.69, 9.17) is 0 Å². The highest BCUT2D eigenvalue weighted by Crippen LogP contribution is 1.98. The molecule has 0 atom stereocenters. The summed E-state index contributed by atoms with van der Waals surface area (Å²) in [5.74, 6) is 0. The van der Waals surface area contributed by atoms with Crippen LogP contribution >= 0.6 is 15.9 Å². The Morgan fingerprint density at radius 3 is 2.60 bits per heavy atom. The van der Waals surface area contributed by atoms with Gasteiger partial charge in [0.2, 0.25) is 0 Å². The number of halogens is 1. The quantitative estimate of drug-likeness (QED) is 0.363. The van der Waals surface area contributed by atoms with E-state index in [9.17, 15) is 0 Å². The first-order chi connectivity index (χ1) is 4.91. The number of rotatable bonds is 5. The van der Waals surface area contributed by atoms with Crippen LogP contribution < -0.4 is 0 Å². The molecule has 10 heavy (non-hydrogen) atoms. The Morgan fingerprint density at radius 1 is 1.20 bits per heavy atom. The average molecular weight is 203 g/mol. The van der Waals surface area contributed by atoms with E-state index in [0.29, 0.717) is 0 Å². The molecule has 0 nitrogen and oxygen atoms in total. The second kappa shape index (κ2) is 8.96. The van der Waals surface area contributed by atoms with Gasteiger partial charge in [-0.25, -0.2) is 0 Å². The molecule has 0 bridgehead atoms. The van der Waals surface area contributed by atoms with Gasteiger partial charge in [0.1, 0.15) is 0 Å². The van der Waals surface area contributed by atoms with Crippen LogP contribution in [-0.4, -0.2) is 5.33 Å². The molecule has 0 amide bonds. The summed E-state index contributed by atoms with van der Waals surface area (Å²) < 4.78 is 0. The van der Waals surface area contributed by atoms with Gasteiger partial charge in [0.05, 0.1) is 0 Å². The smallest absolute Gasteiger partial charge is 0.00314 e. The van der Waals surface area contributed by atoms with Gasteiger partial charge >= 0.3 is 0 Å². The lowest BCUT2D eigenvalue weighted by molar-refractivity contribution is 0.827. The van der Waals surface area contributed by atoms with E-state index < -0.39 is 0 Å². The molecule has 0 aromatic heterocycles. The SMILES string of the molecule is C/C=C/C=C/CCCCBr. The van der Waals surface area contributed by atoms with Gasteiger partial charge in [-0.3, -0.25) is 0 Å².